The molecular formula is C9H14ClN3S. The Morgan fingerprint density at radius 1 is 1.57 bits per heavy atom. The van der Waals surface area contributed by atoms with Crippen LogP contribution in [0, 0.1) is 5.41 Å². The zero-order chi connectivity index (χ0) is 10.2. The Hall–Kier alpha value is -0.190. The topological polar surface area (TPSA) is 29.0 Å². The fourth-order valence-electron chi connectivity index (χ4n) is 1.86. The van der Waals surface area contributed by atoms with Gasteiger partial charge < -0.3 is 0 Å². The third-order valence-electron chi connectivity index (χ3n) is 2.64. The molecule has 0 N–H and O–H groups in total. The molecule has 0 bridgehead atoms. The summed E-state index contributed by atoms with van der Waals surface area (Å²) in [4.78, 5) is 2.39. The van der Waals surface area contributed by atoms with Crippen LogP contribution in [0.15, 0.2) is 0 Å². The van der Waals surface area contributed by atoms with E-state index in [2.05, 4.69) is 28.3 Å². The van der Waals surface area contributed by atoms with Gasteiger partial charge in [-0.2, -0.15) is 0 Å². The van der Waals surface area contributed by atoms with E-state index in [0.717, 1.165) is 29.7 Å². The summed E-state index contributed by atoms with van der Waals surface area (Å²) in [6, 6.07) is 0. The summed E-state index contributed by atoms with van der Waals surface area (Å²) in [5.74, 6) is 0. The van der Waals surface area contributed by atoms with Crippen LogP contribution in [0.1, 0.15) is 26.0 Å². The molecule has 0 aromatic carbocycles. The molecule has 0 radical (unpaired) electrons. The van der Waals surface area contributed by atoms with E-state index in [4.69, 9.17) is 11.6 Å². The third kappa shape index (κ3) is 2.24. The minimum absolute atomic E-state index is 0.440. The fraction of sp³-hybridized carbons (Fsp3) is 0.778. The van der Waals surface area contributed by atoms with E-state index in [1.54, 1.807) is 0 Å². The van der Waals surface area contributed by atoms with E-state index in [9.17, 15) is 0 Å². The summed E-state index contributed by atoms with van der Waals surface area (Å²) in [7, 11) is 0. The number of nitrogens with zero attached hydrogens (tertiary/aromatic N) is 3. The van der Waals surface area contributed by atoms with Crippen LogP contribution in [0.25, 0.3) is 0 Å². The molecule has 1 aliphatic rings. The minimum atomic E-state index is 0.440. The molecule has 14 heavy (non-hydrogen) atoms. The van der Waals surface area contributed by atoms with Crippen molar-refractivity contribution in [3.05, 3.63) is 10.0 Å². The third-order valence-corrected chi connectivity index (χ3v) is 3.62. The first-order valence-electron chi connectivity index (χ1n) is 4.76. The Bertz CT molecular complexity index is 324. The summed E-state index contributed by atoms with van der Waals surface area (Å²) >= 11 is 7.22. The Morgan fingerprint density at radius 3 is 2.86 bits per heavy atom. The molecule has 2 rings (SSSR count). The average molecular weight is 232 g/mol. The predicted molar refractivity (Wildman–Crippen MR) is 58.6 cm³/mol. The van der Waals surface area contributed by atoms with Crippen LogP contribution in [0.4, 0.5) is 0 Å². The number of halogens is 1. The van der Waals surface area contributed by atoms with E-state index in [1.807, 2.05) is 0 Å². The molecule has 0 aliphatic carbocycles. The lowest BCUT2D eigenvalue weighted by Crippen LogP contribution is -2.23. The maximum Gasteiger partial charge on any atom is 0.138 e. The number of likely N-dealkylation sites (tertiary alicyclic amines) is 1. The van der Waals surface area contributed by atoms with Gasteiger partial charge in [0.25, 0.3) is 0 Å². The van der Waals surface area contributed by atoms with Crippen molar-refractivity contribution in [2.45, 2.75) is 26.8 Å². The summed E-state index contributed by atoms with van der Waals surface area (Å²) in [5, 5.41) is 4.02. The summed E-state index contributed by atoms with van der Waals surface area (Å²) in [6.07, 6.45) is 1.25. The van der Waals surface area contributed by atoms with Crippen molar-refractivity contribution in [2.75, 3.05) is 13.1 Å². The van der Waals surface area contributed by atoms with E-state index < -0.39 is 0 Å². The molecule has 1 fully saturated rings. The Balaban J connectivity index is 1.97. The molecule has 0 saturated carbocycles. The van der Waals surface area contributed by atoms with E-state index in [1.165, 1.54) is 18.0 Å². The lowest BCUT2D eigenvalue weighted by molar-refractivity contribution is 0.281. The maximum atomic E-state index is 5.96. The van der Waals surface area contributed by atoms with Crippen molar-refractivity contribution in [2.24, 2.45) is 5.41 Å². The molecule has 1 saturated heterocycles. The molecule has 3 nitrogen and oxygen atoms in total. The quantitative estimate of drug-likeness (QED) is 0.783. The average Bonchev–Trinajstić information content (AvgIpc) is 2.61. The number of hydrogen-bond donors (Lipinski definition) is 0. The molecule has 1 aromatic rings. The van der Waals surface area contributed by atoms with Gasteiger partial charge in [-0.3, -0.25) is 4.90 Å². The standard InChI is InChI=1S/C9H14ClN3S/c1-9(2)3-4-13(6-9)5-7-8(10)14-12-11-7/h3-6H2,1-2H3. The van der Waals surface area contributed by atoms with Gasteiger partial charge in [0.05, 0.1) is 0 Å². The van der Waals surface area contributed by atoms with Gasteiger partial charge in [-0.1, -0.05) is 29.9 Å². The van der Waals surface area contributed by atoms with Crippen LogP contribution in [0.5, 0.6) is 0 Å². The van der Waals surface area contributed by atoms with Crippen molar-refractivity contribution in [1.29, 1.82) is 0 Å². The van der Waals surface area contributed by atoms with Gasteiger partial charge >= 0.3 is 0 Å². The second kappa shape index (κ2) is 3.76. The molecular weight excluding hydrogens is 218 g/mol. The number of hydrogen-bond acceptors (Lipinski definition) is 4. The maximum absolute atomic E-state index is 5.96. The zero-order valence-electron chi connectivity index (χ0n) is 8.46. The highest BCUT2D eigenvalue weighted by Gasteiger charge is 2.29. The fourth-order valence-corrected chi connectivity index (χ4v) is 2.47. The van der Waals surface area contributed by atoms with E-state index in [0.29, 0.717) is 5.41 Å². The molecule has 2 heterocycles. The van der Waals surface area contributed by atoms with Gasteiger partial charge in [-0.25, -0.2) is 0 Å². The normalized spacial score (nSPS) is 21.6. The summed E-state index contributed by atoms with van der Waals surface area (Å²) in [6.45, 7) is 7.71. The van der Waals surface area contributed by atoms with Crippen LogP contribution in [-0.4, -0.2) is 27.6 Å². The molecule has 5 heteroatoms. The molecule has 1 aromatic heterocycles. The monoisotopic (exact) mass is 231 g/mol. The highest BCUT2D eigenvalue weighted by molar-refractivity contribution is 7.10. The van der Waals surface area contributed by atoms with Crippen LogP contribution < -0.4 is 0 Å². The lowest BCUT2D eigenvalue weighted by Gasteiger charge is -2.18. The van der Waals surface area contributed by atoms with Crippen molar-refractivity contribution in [3.8, 4) is 0 Å². The van der Waals surface area contributed by atoms with Gasteiger partial charge in [-0.05, 0) is 18.4 Å². The highest BCUT2D eigenvalue weighted by Crippen LogP contribution is 2.30. The highest BCUT2D eigenvalue weighted by atomic mass is 35.5. The van der Waals surface area contributed by atoms with Gasteiger partial charge in [0.1, 0.15) is 10.0 Å². The van der Waals surface area contributed by atoms with Crippen LogP contribution in [-0.2, 0) is 6.54 Å². The first-order valence-corrected chi connectivity index (χ1v) is 5.91. The van der Waals surface area contributed by atoms with E-state index in [-0.39, 0.29) is 0 Å². The second-order valence-corrected chi connectivity index (χ2v) is 5.97. The van der Waals surface area contributed by atoms with Crippen molar-refractivity contribution >= 4 is 23.1 Å². The van der Waals surface area contributed by atoms with Gasteiger partial charge in [0.2, 0.25) is 0 Å². The molecule has 0 spiro atoms. The van der Waals surface area contributed by atoms with Crippen LogP contribution in [0.3, 0.4) is 0 Å². The molecule has 1 aliphatic heterocycles. The largest absolute Gasteiger partial charge is 0.297 e. The number of aromatic nitrogens is 2. The van der Waals surface area contributed by atoms with Crippen molar-refractivity contribution in [3.63, 3.8) is 0 Å². The van der Waals surface area contributed by atoms with Gasteiger partial charge in [-0.15, -0.1) is 5.10 Å². The Kier molecular flexibility index (Phi) is 2.77. The first kappa shape index (κ1) is 10.3. The van der Waals surface area contributed by atoms with Crippen molar-refractivity contribution < 1.29 is 0 Å². The van der Waals surface area contributed by atoms with Gasteiger partial charge in [0.15, 0.2) is 0 Å². The SMILES string of the molecule is CC1(C)CCN(Cc2nnsc2Cl)C1. The smallest absolute Gasteiger partial charge is 0.138 e. The molecule has 0 atom stereocenters. The van der Waals surface area contributed by atoms with Gasteiger partial charge in [0, 0.05) is 24.6 Å². The predicted octanol–water partition coefficient (Wildman–Crippen LogP) is 2.42. The van der Waals surface area contributed by atoms with Crippen LogP contribution >= 0.6 is 23.1 Å². The Morgan fingerprint density at radius 2 is 2.36 bits per heavy atom. The number of rotatable bonds is 2. The lowest BCUT2D eigenvalue weighted by atomic mass is 9.93. The first-order chi connectivity index (χ1) is 6.57. The molecule has 78 valence electrons. The van der Waals surface area contributed by atoms with Crippen LogP contribution in [0.2, 0.25) is 4.34 Å². The molecule has 0 amide bonds. The minimum Gasteiger partial charge on any atom is -0.297 e. The van der Waals surface area contributed by atoms with E-state index >= 15 is 0 Å². The molecule has 0 unspecified atom stereocenters. The second-order valence-electron chi connectivity index (χ2n) is 4.62. The Labute approximate surface area is 93.2 Å². The summed E-state index contributed by atoms with van der Waals surface area (Å²) < 4.78 is 4.56. The zero-order valence-corrected chi connectivity index (χ0v) is 10.0. The van der Waals surface area contributed by atoms with Crippen molar-refractivity contribution in [1.82, 2.24) is 14.5 Å². The summed E-state index contributed by atoms with van der Waals surface area (Å²) in [5.41, 5.74) is 1.37.